The molecule has 1 aromatic heterocycles. The van der Waals surface area contributed by atoms with Gasteiger partial charge in [0, 0.05) is 17.3 Å². The Morgan fingerprint density at radius 2 is 2.20 bits per heavy atom. The highest BCUT2D eigenvalue weighted by Gasteiger charge is 2.28. The Morgan fingerprint density at radius 1 is 1.35 bits per heavy atom. The van der Waals surface area contributed by atoms with E-state index in [0.29, 0.717) is 0 Å². The molecule has 1 aliphatic heterocycles. The molecule has 4 heteroatoms. The van der Waals surface area contributed by atoms with Crippen molar-refractivity contribution in [2.75, 3.05) is 0 Å². The number of nitrogens with one attached hydrogen (secondary N) is 1. The van der Waals surface area contributed by atoms with Crippen molar-refractivity contribution in [2.24, 2.45) is 0 Å². The number of benzene rings is 1. The Bertz CT molecular complexity index is 590. The second-order valence-electron chi connectivity index (χ2n) is 4.93. The van der Waals surface area contributed by atoms with Crippen molar-refractivity contribution < 1.29 is 4.79 Å². The summed E-state index contributed by atoms with van der Waals surface area (Å²) in [5, 5.41) is 3.05. The van der Waals surface area contributed by atoms with E-state index in [0.717, 1.165) is 12.0 Å². The summed E-state index contributed by atoms with van der Waals surface area (Å²) in [5.41, 5.74) is 2.30. The van der Waals surface area contributed by atoms with E-state index in [4.69, 9.17) is 0 Å². The standard InChI is InChI=1S/C16H16N2OS/c1-11(13-6-4-8-17-10-13)18-16(19)15-9-12-5-2-3-7-14(12)20-15/h2-8,10-11,15H,9H2,1H3,(H,18,19). The lowest BCUT2D eigenvalue weighted by atomic mass is 10.1. The number of pyridine rings is 1. The minimum Gasteiger partial charge on any atom is -0.349 e. The quantitative estimate of drug-likeness (QED) is 0.942. The van der Waals surface area contributed by atoms with Gasteiger partial charge >= 0.3 is 0 Å². The third kappa shape index (κ3) is 2.70. The molecule has 0 spiro atoms. The smallest absolute Gasteiger partial charge is 0.234 e. The van der Waals surface area contributed by atoms with E-state index in [1.807, 2.05) is 31.2 Å². The van der Waals surface area contributed by atoms with Gasteiger partial charge in [-0.25, -0.2) is 0 Å². The molecule has 1 amide bonds. The summed E-state index contributed by atoms with van der Waals surface area (Å²) < 4.78 is 0. The van der Waals surface area contributed by atoms with E-state index in [1.165, 1.54) is 10.5 Å². The van der Waals surface area contributed by atoms with Gasteiger partial charge in [-0.3, -0.25) is 9.78 Å². The average Bonchev–Trinajstić information content (AvgIpc) is 2.92. The zero-order chi connectivity index (χ0) is 13.9. The van der Waals surface area contributed by atoms with Gasteiger partial charge in [0.05, 0.1) is 11.3 Å². The second kappa shape index (κ2) is 5.67. The minimum absolute atomic E-state index is 0.0134. The number of rotatable bonds is 3. The molecule has 0 bridgehead atoms. The number of thioether (sulfide) groups is 1. The number of fused-ring (bicyclic) bond motifs is 1. The lowest BCUT2D eigenvalue weighted by molar-refractivity contribution is -0.121. The fraction of sp³-hybridized carbons (Fsp3) is 0.250. The molecule has 0 fully saturated rings. The minimum atomic E-state index is -0.0217. The van der Waals surface area contributed by atoms with E-state index in [2.05, 4.69) is 22.4 Å². The first-order valence-corrected chi connectivity index (χ1v) is 7.57. The highest BCUT2D eigenvalue weighted by Crippen LogP contribution is 2.37. The van der Waals surface area contributed by atoms with Crippen LogP contribution < -0.4 is 5.32 Å². The van der Waals surface area contributed by atoms with Crippen LogP contribution in [0, 0.1) is 0 Å². The Balaban J connectivity index is 1.64. The van der Waals surface area contributed by atoms with Crippen LogP contribution in [0.25, 0.3) is 0 Å². The normalized spacial score (nSPS) is 18.4. The van der Waals surface area contributed by atoms with Crippen molar-refractivity contribution in [2.45, 2.75) is 29.5 Å². The van der Waals surface area contributed by atoms with Gasteiger partial charge < -0.3 is 5.32 Å². The van der Waals surface area contributed by atoms with E-state index in [1.54, 1.807) is 24.2 Å². The monoisotopic (exact) mass is 284 g/mol. The molecule has 0 saturated heterocycles. The summed E-state index contributed by atoms with van der Waals surface area (Å²) in [6, 6.07) is 12.1. The molecule has 2 heterocycles. The summed E-state index contributed by atoms with van der Waals surface area (Å²) >= 11 is 1.65. The van der Waals surface area contributed by atoms with E-state index >= 15 is 0 Å². The van der Waals surface area contributed by atoms with Crippen LogP contribution in [-0.4, -0.2) is 16.1 Å². The molecular formula is C16H16N2OS. The second-order valence-corrected chi connectivity index (χ2v) is 6.18. The summed E-state index contributed by atoms with van der Waals surface area (Å²) in [5.74, 6) is 0.0996. The Kier molecular flexibility index (Phi) is 3.74. The van der Waals surface area contributed by atoms with Crippen molar-refractivity contribution in [1.29, 1.82) is 0 Å². The molecule has 1 N–H and O–H groups in total. The van der Waals surface area contributed by atoms with E-state index in [-0.39, 0.29) is 17.2 Å². The first-order chi connectivity index (χ1) is 9.74. The SMILES string of the molecule is CC(NC(=O)C1Cc2ccccc2S1)c1cccnc1. The Hall–Kier alpha value is -1.81. The predicted molar refractivity (Wildman–Crippen MR) is 80.6 cm³/mol. The van der Waals surface area contributed by atoms with Crippen molar-refractivity contribution >= 4 is 17.7 Å². The fourth-order valence-electron chi connectivity index (χ4n) is 2.35. The topological polar surface area (TPSA) is 42.0 Å². The van der Waals surface area contributed by atoms with Crippen LogP contribution in [0.5, 0.6) is 0 Å². The Morgan fingerprint density at radius 3 is 2.95 bits per heavy atom. The van der Waals surface area contributed by atoms with E-state index < -0.39 is 0 Å². The number of carbonyl (C=O) groups excluding carboxylic acids is 1. The first-order valence-electron chi connectivity index (χ1n) is 6.69. The molecule has 0 radical (unpaired) electrons. The summed E-state index contributed by atoms with van der Waals surface area (Å²) in [7, 11) is 0. The molecule has 1 aliphatic rings. The lowest BCUT2D eigenvalue weighted by Crippen LogP contribution is -2.34. The van der Waals surface area contributed by atoms with Crippen LogP contribution in [0.1, 0.15) is 24.1 Å². The number of hydrogen-bond donors (Lipinski definition) is 1. The Labute approximate surface area is 122 Å². The van der Waals surface area contributed by atoms with Gasteiger partial charge in [-0.1, -0.05) is 24.3 Å². The van der Waals surface area contributed by atoms with Gasteiger partial charge in [0.2, 0.25) is 5.91 Å². The third-order valence-corrected chi connectivity index (χ3v) is 4.80. The highest BCUT2D eigenvalue weighted by molar-refractivity contribution is 8.01. The zero-order valence-corrected chi connectivity index (χ0v) is 12.1. The van der Waals surface area contributed by atoms with Gasteiger partial charge in [0.25, 0.3) is 0 Å². The van der Waals surface area contributed by atoms with Gasteiger partial charge in [-0.15, -0.1) is 11.8 Å². The highest BCUT2D eigenvalue weighted by atomic mass is 32.2. The third-order valence-electron chi connectivity index (χ3n) is 3.48. The van der Waals surface area contributed by atoms with Crippen LogP contribution >= 0.6 is 11.8 Å². The van der Waals surface area contributed by atoms with Gasteiger partial charge in [0.15, 0.2) is 0 Å². The molecular weight excluding hydrogens is 268 g/mol. The maximum Gasteiger partial charge on any atom is 0.234 e. The molecule has 2 unspecified atom stereocenters. The molecule has 0 saturated carbocycles. The maximum absolute atomic E-state index is 12.3. The molecule has 1 aromatic carbocycles. The molecule has 20 heavy (non-hydrogen) atoms. The van der Waals surface area contributed by atoms with Crippen LogP contribution in [0.4, 0.5) is 0 Å². The number of amides is 1. The van der Waals surface area contributed by atoms with Gasteiger partial charge in [-0.2, -0.15) is 0 Å². The molecule has 3 nitrogen and oxygen atoms in total. The first kappa shape index (κ1) is 13.2. The van der Waals surface area contributed by atoms with Gasteiger partial charge in [0.1, 0.15) is 0 Å². The van der Waals surface area contributed by atoms with Crippen molar-refractivity contribution in [3.63, 3.8) is 0 Å². The van der Waals surface area contributed by atoms with Gasteiger partial charge in [-0.05, 0) is 36.6 Å². The largest absolute Gasteiger partial charge is 0.349 e. The van der Waals surface area contributed by atoms with Crippen LogP contribution in [0.3, 0.4) is 0 Å². The molecule has 2 aromatic rings. The van der Waals surface area contributed by atoms with Crippen molar-refractivity contribution in [3.8, 4) is 0 Å². The maximum atomic E-state index is 12.3. The number of aromatic nitrogens is 1. The summed E-state index contributed by atoms with van der Waals surface area (Å²) in [6.45, 7) is 1.99. The number of hydrogen-bond acceptors (Lipinski definition) is 3. The predicted octanol–water partition coefficient (Wildman–Crippen LogP) is 2.98. The fourth-order valence-corrected chi connectivity index (χ4v) is 3.55. The van der Waals surface area contributed by atoms with Crippen LogP contribution in [0.2, 0.25) is 0 Å². The zero-order valence-electron chi connectivity index (χ0n) is 11.2. The van der Waals surface area contributed by atoms with Crippen LogP contribution in [-0.2, 0) is 11.2 Å². The van der Waals surface area contributed by atoms with Crippen molar-refractivity contribution in [3.05, 3.63) is 59.9 Å². The average molecular weight is 284 g/mol. The number of carbonyl (C=O) groups is 1. The molecule has 0 aliphatic carbocycles. The molecule has 3 rings (SSSR count). The lowest BCUT2D eigenvalue weighted by Gasteiger charge is -2.16. The number of nitrogens with zero attached hydrogens (tertiary/aromatic N) is 1. The van der Waals surface area contributed by atoms with E-state index in [9.17, 15) is 4.79 Å². The van der Waals surface area contributed by atoms with Crippen LogP contribution in [0.15, 0.2) is 53.7 Å². The summed E-state index contributed by atoms with van der Waals surface area (Å²) in [4.78, 5) is 17.7. The van der Waals surface area contributed by atoms with Crippen molar-refractivity contribution in [1.82, 2.24) is 10.3 Å². The molecule has 2 atom stereocenters. The summed E-state index contributed by atoms with van der Waals surface area (Å²) in [6.07, 6.45) is 4.34. The molecule has 102 valence electrons.